The van der Waals surface area contributed by atoms with E-state index in [1.807, 2.05) is 6.07 Å². The summed E-state index contributed by atoms with van der Waals surface area (Å²) in [6.07, 6.45) is 7.32. The average Bonchev–Trinajstić information content (AvgIpc) is 2.83. The fraction of sp³-hybridized carbons (Fsp3) is 0.600. The average molecular weight is 231 g/mol. The van der Waals surface area contributed by atoms with Gasteiger partial charge in [-0.1, -0.05) is 0 Å². The molecule has 1 unspecified atom stereocenters. The number of hydrogen-bond donors (Lipinski definition) is 2. The molecule has 1 atom stereocenters. The number of phenolic OH excluding ortho intramolecular Hbond substituents is 1. The zero-order valence-corrected chi connectivity index (χ0v) is 10.6. The summed E-state index contributed by atoms with van der Waals surface area (Å²) in [7, 11) is 0. The predicted molar refractivity (Wildman–Crippen MR) is 69.5 cm³/mol. The maximum atomic E-state index is 10.3. The molecule has 2 heteroatoms. The minimum atomic E-state index is 0.391. The van der Waals surface area contributed by atoms with Crippen molar-refractivity contribution in [2.24, 2.45) is 0 Å². The summed E-state index contributed by atoms with van der Waals surface area (Å²) in [5, 5.41) is 13.8. The molecule has 2 aliphatic rings. The zero-order chi connectivity index (χ0) is 11.8. The Morgan fingerprint density at radius 2 is 1.94 bits per heavy atom. The molecule has 1 aromatic rings. The summed E-state index contributed by atoms with van der Waals surface area (Å²) < 4.78 is 0. The molecule has 2 N–H and O–H groups in total. The van der Waals surface area contributed by atoms with Crippen molar-refractivity contribution in [3.05, 3.63) is 28.3 Å². The summed E-state index contributed by atoms with van der Waals surface area (Å²) in [4.78, 5) is 0. The van der Waals surface area contributed by atoms with Gasteiger partial charge in [0.25, 0.3) is 0 Å². The van der Waals surface area contributed by atoms with Crippen LogP contribution in [0, 0.1) is 6.92 Å². The minimum Gasteiger partial charge on any atom is -0.508 e. The predicted octanol–water partition coefficient (Wildman–Crippen LogP) is 3.00. The van der Waals surface area contributed by atoms with Gasteiger partial charge in [0.05, 0.1) is 0 Å². The largest absolute Gasteiger partial charge is 0.508 e. The number of hydrogen-bond acceptors (Lipinski definition) is 2. The Bertz CT molecular complexity index is 433. The number of aromatic hydroxyl groups is 1. The van der Waals surface area contributed by atoms with Crippen LogP contribution < -0.4 is 5.32 Å². The van der Waals surface area contributed by atoms with Crippen LogP contribution in [0.2, 0.25) is 0 Å². The molecule has 0 aromatic heterocycles. The molecule has 1 aliphatic carbocycles. The van der Waals surface area contributed by atoms with E-state index in [0.29, 0.717) is 11.8 Å². The van der Waals surface area contributed by atoms with Crippen LogP contribution in [-0.2, 0) is 12.8 Å². The van der Waals surface area contributed by atoms with Gasteiger partial charge in [0.1, 0.15) is 5.75 Å². The van der Waals surface area contributed by atoms with E-state index in [4.69, 9.17) is 0 Å². The van der Waals surface area contributed by atoms with Gasteiger partial charge in [0.2, 0.25) is 0 Å². The molecule has 1 fully saturated rings. The van der Waals surface area contributed by atoms with E-state index in [9.17, 15) is 5.11 Å². The third-order valence-electron chi connectivity index (χ3n) is 4.31. The van der Waals surface area contributed by atoms with Crippen LogP contribution in [0.5, 0.6) is 5.75 Å². The lowest BCUT2D eigenvalue weighted by atomic mass is 9.82. The summed E-state index contributed by atoms with van der Waals surface area (Å²) in [6, 6.07) is 2.36. The molecule has 0 spiro atoms. The number of aryl methyl sites for hydroxylation is 1. The van der Waals surface area contributed by atoms with Crippen LogP contribution in [0.3, 0.4) is 0 Å². The van der Waals surface area contributed by atoms with Crippen molar-refractivity contribution in [1.29, 1.82) is 0 Å². The summed E-state index contributed by atoms with van der Waals surface area (Å²) in [6.45, 7) is 3.22. The number of fused-ring (bicyclic) bond motifs is 1. The fourth-order valence-electron chi connectivity index (χ4n) is 3.48. The van der Waals surface area contributed by atoms with Gasteiger partial charge >= 0.3 is 0 Å². The van der Waals surface area contributed by atoms with Crippen molar-refractivity contribution in [3.8, 4) is 5.75 Å². The molecule has 1 saturated heterocycles. The highest BCUT2D eigenvalue weighted by Gasteiger charge is 2.26. The lowest BCUT2D eigenvalue weighted by Gasteiger charge is -2.25. The molecule has 92 valence electrons. The van der Waals surface area contributed by atoms with Crippen molar-refractivity contribution in [3.63, 3.8) is 0 Å². The second-order valence-electron chi connectivity index (χ2n) is 5.44. The second-order valence-corrected chi connectivity index (χ2v) is 5.44. The van der Waals surface area contributed by atoms with Crippen LogP contribution in [0.4, 0.5) is 0 Å². The van der Waals surface area contributed by atoms with E-state index in [1.54, 1.807) is 0 Å². The van der Waals surface area contributed by atoms with E-state index in [1.165, 1.54) is 54.4 Å². The van der Waals surface area contributed by atoms with Gasteiger partial charge in [-0.15, -0.1) is 0 Å². The SMILES string of the molecule is Cc1cc(O)c(C2CCCN2)c2c1CCCC2. The van der Waals surface area contributed by atoms with Crippen LogP contribution in [0.25, 0.3) is 0 Å². The first-order valence-corrected chi connectivity index (χ1v) is 6.85. The van der Waals surface area contributed by atoms with Crippen molar-refractivity contribution < 1.29 is 5.11 Å². The van der Waals surface area contributed by atoms with Crippen LogP contribution in [0.1, 0.15) is 54.0 Å². The highest BCUT2D eigenvalue weighted by atomic mass is 16.3. The molecule has 1 aromatic carbocycles. The molecule has 17 heavy (non-hydrogen) atoms. The molecular weight excluding hydrogens is 210 g/mol. The summed E-state index contributed by atoms with van der Waals surface area (Å²) in [5.74, 6) is 0.516. The maximum Gasteiger partial charge on any atom is 0.120 e. The van der Waals surface area contributed by atoms with Crippen LogP contribution in [0.15, 0.2) is 6.07 Å². The summed E-state index contributed by atoms with van der Waals surface area (Å²) in [5.41, 5.74) is 5.45. The van der Waals surface area contributed by atoms with Crippen molar-refractivity contribution in [1.82, 2.24) is 5.32 Å². The molecule has 1 aliphatic heterocycles. The Morgan fingerprint density at radius 3 is 2.65 bits per heavy atom. The highest BCUT2D eigenvalue weighted by Crippen LogP contribution is 2.39. The van der Waals surface area contributed by atoms with E-state index >= 15 is 0 Å². The third kappa shape index (κ3) is 1.85. The Morgan fingerprint density at radius 1 is 1.18 bits per heavy atom. The van der Waals surface area contributed by atoms with Gasteiger partial charge in [0.15, 0.2) is 0 Å². The third-order valence-corrected chi connectivity index (χ3v) is 4.31. The van der Waals surface area contributed by atoms with Crippen LogP contribution in [-0.4, -0.2) is 11.7 Å². The van der Waals surface area contributed by atoms with Gasteiger partial charge in [-0.3, -0.25) is 0 Å². The molecule has 0 bridgehead atoms. The topological polar surface area (TPSA) is 32.3 Å². The molecular formula is C15H21NO. The lowest BCUT2D eigenvalue weighted by Crippen LogP contribution is -2.18. The lowest BCUT2D eigenvalue weighted by molar-refractivity contribution is 0.452. The Labute approximate surface area is 103 Å². The highest BCUT2D eigenvalue weighted by molar-refractivity contribution is 5.51. The Balaban J connectivity index is 2.12. The Kier molecular flexibility index (Phi) is 2.83. The van der Waals surface area contributed by atoms with Gasteiger partial charge < -0.3 is 10.4 Å². The first-order chi connectivity index (χ1) is 8.27. The number of benzene rings is 1. The van der Waals surface area contributed by atoms with E-state index in [0.717, 1.165) is 13.0 Å². The van der Waals surface area contributed by atoms with E-state index < -0.39 is 0 Å². The normalized spacial score (nSPS) is 23.7. The fourth-order valence-corrected chi connectivity index (χ4v) is 3.48. The first-order valence-electron chi connectivity index (χ1n) is 6.85. The second kappa shape index (κ2) is 4.34. The standard InChI is InChI=1S/C15H21NO/c1-10-9-14(17)15(13-7-4-8-16-13)12-6-3-2-5-11(10)12/h9,13,16-17H,2-8H2,1H3. The van der Waals surface area contributed by atoms with Crippen molar-refractivity contribution >= 4 is 0 Å². The van der Waals surface area contributed by atoms with E-state index in [2.05, 4.69) is 12.2 Å². The number of phenols is 1. The number of rotatable bonds is 1. The van der Waals surface area contributed by atoms with Crippen molar-refractivity contribution in [2.75, 3.05) is 6.54 Å². The van der Waals surface area contributed by atoms with Gasteiger partial charge in [-0.25, -0.2) is 0 Å². The molecule has 0 amide bonds. The summed E-state index contributed by atoms with van der Waals surface area (Å²) >= 11 is 0. The monoisotopic (exact) mass is 231 g/mol. The maximum absolute atomic E-state index is 10.3. The molecule has 0 saturated carbocycles. The minimum absolute atomic E-state index is 0.391. The number of nitrogens with one attached hydrogen (secondary N) is 1. The zero-order valence-electron chi connectivity index (χ0n) is 10.6. The molecule has 1 heterocycles. The van der Waals surface area contributed by atoms with Gasteiger partial charge in [-0.05, 0) is 74.8 Å². The van der Waals surface area contributed by atoms with Crippen molar-refractivity contribution in [2.45, 2.75) is 51.5 Å². The molecule has 2 nitrogen and oxygen atoms in total. The van der Waals surface area contributed by atoms with Gasteiger partial charge in [0, 0.05) is 11.6 Å². The molecule has 3 rings (SSSR count). The smallest absolute Gasteiger partial charge is 0.120 e. The molecule has 0 radical (unpaired) electrons. The van der Waals surface area contributed by atoms with Crippen LogP contribution >= 0.6 is 0 Å². The quantitative estimate of drug-likeness (QED) is 0.778. The Hall–Kier alpha value is -1.02. The van der Waals surface area contributed by atoms with Gasteiger partial charge in [-0.2, -0.15) is 0 Å². The van der Waals surface area contributed by atoms with E-state index in [-0.39, 0.29) is 0 Å². The first kappa shape index (κ1) is 11.1.